The molecule has 2 aromatic rings. The molecule has 19 heavy (non-hydrogen) atoms. The number of benzene rings is 2. The van der Waals surface area contributed by atoms with Crippen molar-refractivity contribution in [3.8, 4) is 11.5 Å². The minimum Gasteiger partial charge on any atom is -0.450 e. The SMILES string of the molecule is Cc1ccc(Oc2c(N)cc(N)c(Cl)c2F)c(Cl)c1. The molecule has 0 saturated carbocycles. The molecule has 0 atom stereocenters. The summed E-state index contributed by atoms with van der Waals surface area (Å²) in [4.78, 5) is 0. The van der Waals surface area contributed by atoms with E-state index in [-0.39, 0.29) is 22.1 Å². The monoisotopic (exact) mass is 300 g/mol. The zero-order valence-corrected chi connectivity index (χ0v) is 11.5. The van der Waals surface area contributed by atoms with E-state index >= 15 is 0 Å². The summed E-state index contributed by atoms with van der Waals surface area (Å²) < 4.78 is 19.3. The molecule has 0 saturated heterocycles. The van der Waals surface area contributed by atoms with Gasteiger partial charge in [-0.25, -0.2) is 4.39 Å². The molecule has 0 aliphatic rings. The van der Waals surface area contributed by atoms with Gasteiger partial charge in [-0.1, -0.05) is 29.3 Å². The standard InChI is InChI=1S/C13H11Cl2FN2O/c1-6-2-3-10(7(14)4-6)19-13-9(18)5-8(17)11(15)12(13)16/h2-5H,17-18H2,1H3. The highest BCUT2D eigenvalue weighted by molar-refractivity contribution is 6.33. The van der Waals surface area contributed by atoms with Crippen molar-refractivity contribution in [1.82, 2.24) is 0 Å². The van der Waals surface area contributed by atoms with Crippen LogP contribution < -0.4 is 16.2 Å². The summed E-state index contributed by atoms with van der Waals surface area (Å²) in [6, 6.07) is 6.45. The first-order valence-electron chi connectivity index (χ1n) is 5.37. The second-order valence-electron chi connectivity index (χ2n) is 4.05. The maximum atomic E-state index is 14.0. The van der Waals surface area contributed by atoms with E-state index in [2.05, 4.69) is 0 Å². The third-order valence-electron chi connectivity index (χ3n) is 2.52. The predicted octanol–water partition coefficient (Wildman–Crippen LogP) is 4.40. The summed E-state index contributed by atoms with van der Waals surface area (Å²) >= 11 is 11.7. The van der Waals surface area contributed by atoms with Crippen molar-refractivity contribution in [2.24, 2.45) is 0 Å². The molecule has 0 radical (unpaired) electrons. The lowest BCUT2D eigenvalue weighted by Gasteiger charge is -2.13. The Morgan fingerprint density at radius 3 is 2.42 bits per heavy atom. The maximum Gasteiger partial charge on any atom is 0.188 e. The van der Waals surface area contributed by atoms with Crippen LogP contribution in [0.25, 0.3) is 0 Å². The van der Waals surface area contributed by atoms with Crippen LogP contribution in [0.2, 0.25) is 10.0 Å². The van der Waals surface area contributed by atoms with E-state index in [1.54, 1.807) is 18.2 Å². The molecule has 0 spiro atoms. The van der Waals surface area contributed by atoms with Gasteiger partial charge in [-0.05, 0) is 30.7 Å². The molecule has 0 aliphatic heterocycles. The van der Waals surface area contributed by atoms with Crippen LogP contribution in [0.4, 0.5) is 15.8 Å². The van der Waals surface area contributed by atoms with Crippen LogP contribution in [0.5, 0.6) is 11.5 Å². The van der Waals surface area contributed by atoms with Crippen molar-refractivity contribution in [2.45, 2.75) is 6.92 Å². The highest BCUT2D eigenvalue weighted by Gasteiger charge is 2.17. The van der Waals surface area contributed by atoms with Crippen molar-refractivity contribution < 1.29 is 9.13 Å². The molecule has 0 bridgehead atoms. The number of halogens is 3. The third-order valence-corrected chi connectivity index (χ3v) is 3.20. The molecule has 2 aromatic carbocycles. The van der Waals surface area contributed by atoms with E-state index in [0.717, 1.165) is 5.56 Å². The van der Waals surface area contributed by atoms with Gasteiger partial charge < -0.3 is 16.2 Å². The quantitative estimate of drug-likeness (QED) is 0.808. The minimum absolute atomic E-state index is 0.0519. The van der Waals surface area contributed by atoms with Gasteiger partial charge >= 0.3 is 0 Å². The lowest BCUT2D eigenvalue weighted by molar-refractivity contribution is 0.445. The summed E-state index contributed by atoms with van der Waals surface area (Å²) in [5, 5.41) is 0.124. The minimum atomic E-state index is -0.809. The van der Waals surface area contributed by atoms with E-state index < -0.39 is 5.82 Å². The lowest BCUT2D eigenvalue weighted by atomic mass is 10.2. The highest BCUT2D eigenvalue weighted by atomic mass is 35.5. The molecule has 0 aliphatic carbocycles. The molecule has 0 fully saturated rings. The summed E-state index contributed by atoms with van der Waals surface area (Å²) in [5.74, 6) is -0.709. The van der Waals surface area contributed by atoms with E-state index in [9.17, 15) is 4.39 Å². The van der Waals surface area contributed by atoms with Gasteiger partial charge in [0.2, 0.25) is 0 Å². The summed E-state index contributed by atoms with van der Waals surface area (Å²) in [7, 11) is 0. The fraction of sp³-hybridized carbons (Fsp3) is 0.0769. The van der Waals surface area contributed by atoms with Crippen molar-refractivity contribution in [2.75, 3.05) is 11.5 Å². The average molecular weight is 301 g/mol. The number of ether oxygens (including phenoxy) is 1. The molecule has 100 valence electrons. The van der Waals surface area contributed by atoms with Gasteiger partial charge in [0.25, 0.3) is 0 Å². The molecule has 6 heteroatoms. The fourth-order valence-electron chi connectivity index (χ4n) is 1.55. The zero-order chi connectivity index (χ0) is 14.2. The van der Waals surface area contributed by atoms with Gasteiger partial charge in [-0.2, -0.15) is 0 Å². The maximum absolute atomic E-state index is 14.0. The van der Waals surface area contributed by atoms with Crippen molar-refractivity contribution in [3.05, 3.63) is 45.7 Å². The summed E-state index contributed by atoms with van der Waals surface area (Å²) in [5.41, 5.74) is 12.2. The van der Waals surface area contributed by atoms with Gasteiger partial charge in [-0.15, -0.1) is 0 Å². The van der Waals surface area contributed by atoms with Gasteiger partial charge in [-0.3, -0.25) is 0 Å². The number of nitrogens with two attached hydrogens (primary N) is 2. The summed E-state index contributed by atoms with van der Waals surface area (Å²) in [6.07, 6.45) is 0. The Balaban J connectivity index is 2.47. The molecule has 3 nitrogen and oxygen atoms in total. The van der Waals surface area contributed by atoms with Crippen molar-refractivity contribution in [1.29, 1.82) is 0 Å². The second kappa shape index (κ2) is 5.15. The zero-order valence-electron chi connectivity index (χ0n) is 10.0. The molecule has 4 N–H and O–H groups in total. The number of rotatable bonds is 2. The normalized spacial score (nSPS) is 10.5. The Morgan fingerprint density at radius 1 is 1.11 bits per heavy atom. The Labute approximate surface area is 119 Å². The number of hydrogen-bond donors (Lipinski definition) is 2. The van der Waals surface area contributed by atoms with Gasteiger partial charge in [0, 0.05) is 0 Å². The van der Waals surface area contributed by atoms with Crippen LogP contribution in [0.3, 0.4) is 0 Å². The van der Waals surface area contributed by atoms with Crippen LogP contribution in [-0.2, 0) is 0 Å². The smallest absolute Gasteiger partial charge is 0.188 e. The molecule has 0 heterocycles. The summed E-state index contributed by atoms with van der Waals surface area (Å²) in [6.45, 7) is 1.88. The van der Waals surface area contributed by atoms with Crippen LogP contribution >= 0.6 is 23.2 Å². The van der Waals surface area contributed by atoms with E-state index in [1.807, 2.05) is 6.92 Å². The highest BCUT2D eigenvalue weighted by Crippen LogP contribution is 2.39. The number of nitrogen functional groups attached to an aromatic ring is 2. The Morgan fingerprint density at radius 2 is 1.79 bits per heavy atom. The van der Waals surface area contributed by atoms with Crippen molar-refractivity contribution in [3.63, 3.8) is 0 Å². The second-order valence-corrected chi connectivity index (χ2v) is 4.83. The molecule has 0 amide bonds. The van der Waals surface area contributed by atoms with E-state index in [4.69, 9.17) is 39.4 Å². The van der Waals surface area contributed by atoms with E-state index in [1.165, 1.54) is 6.07 Å². The molecule has 0 aromatic heterocycles. The topological polar surface area (TPSA) is 61.3 Å². The fourth-order valence-corrected chi connectivity index (χ4v) is 1.97. The molecule has 0 unspecified atom stereocenters. The lowest BCUT2D eigenvalue weighted by Crippen LogP contribution is -2.00. The third kappa shape index (κ3) is 2.69. The van der Waals surface area contributed by atoms with Gasteiger partial charge in [0.05, 0.1) is 16.4 Å². The average Bonchev–Trinajstić information content (AvgIpc) is 2.34. The number of hydrogen-bond acceptors (Lipinski definition) is 3. The molecular formula is C13H11Cl2FN2O. The predicted molar refractivity (Wildman–Crippen MR) is 76.5 cm³/mol. The van der Waals surface area contributed by atoms with E-state index in [0.29, 0.717) is 10.8 Å². The number of anilines is 2. The first-order chi connectivity index (χ1) is 8.90. The van der Waals surface area contributed by atoms with Crippen LogP contribution in [0, 0.1) is 12.7 Å². The Bertz CT molecular complexity index is 647. The number of aryl methyl sites for hydroxylation is 1. The molecule has 2 rings (SSSR count). The van der Waals surface area contributed by atoms with Gasteiger partial charge in [0.1, 0.15) is 10.8 Å². The van der Waals surface area contributed by atoms with Crippen LogP contribution in [0.15, 0.2) is 24.3 Å². The van der Waals surface area contributed by atoms with Crippen LogP contribution in [0.1, 0.15) is 5.56 Å². The first-order valence-corrected chi connectivity index (χ1v) is 6.12. The Hall–Kier alpha value is -1.65. The van der Waals surface area contributed by atoms with Gasteiger partial charge in [0.15, 0.2) is 11.6 Å². The first kappa shape index (κ1) is 13.8. The largest absolute Gasteiger partial charge is 0.450 e. The van der Waals surface area contributed by atoms with Crippen LogP contribution in [-0.4, -0.2) is 0 Å². The Kier molecular flexibility index (Phi) is 3.73. The van der Waals surface area contributed by atoms with Crippen molar-refractivity contribution >= 4 is 34.6 Å². The molecular weight excluding hydrogens is 290 g/mol.